The van der Waals surface area contributed by atoms with E-state index in [0.29, 0.717) is 11.3 Å². The molecular formula is C13H14ClN3O2. The Morgan fingerprint density at radius 3 is 2.53 bits per heavy atom. The normalized spacial score (nSPS) is 13.7. The second-order valence-electron chi connectivity index (χ2n) is 4.35. The predicted molar refractivity (Wildman–Crippen MR) is 74.2 cm³/mol. The Morgan fingerprint density at radius 2 is 2.05 bits per heavy atom. The lowest BCUT2D eigenvalue weighted by molar-refractivity contribution is -0.112. The van der Waals surface area contributed by atoms with E-state index >= 15 is 0 Å². The Labute approximate surface area is 115 Å². The van der Waals surface area contributed by atoms with Gasteiger partial charge in [-0.3, -0.25) is 9.59 Å². The predicted octanol–water partition coefficient (Wildman–Crippen LogP) is 1.30. The molecule has 0 atom stereocenters. The molecule has 2 rings (SSSR count). The molecule has 0 unspecified atom stereocenters. The van der Waals surface area contributed by atoms with E-state index in [1.807, 2.05) is 0 Å². The van der Waals surface area contributed by atoms with Crippen molar-refractivity contribution in [3.8, 4) is 0 Å². The highest BCUT2D eigenvalue weighted by molar-refractivity contribution is 6.34. The number of hydrogen-bond donors (Lipinski definition) is 3. The standard InChI is InChI=1S/C13H14ClN3O2/c1-7(8-5-16-6-8)13(19)17-9-2-3-10(12(15)18)11(14)4-9/h2-4,16H,5-6H2,1H3,(H2,15,18)(H,17,19). The molecule has 1 heterocycles. The minimum absolute atomic E-state index is 0.167. The molecular weight excluding hydrogens is 266 g/mol. The number of carbonyl (C=O) groups is 2. The van der Waals surface area contributed by atoms with E-state index < -0.39 is 5.91 Å². The van der Waals surface area contributed by atoms with Gasteiger partial charge < -0.3 is 16.4 Å². The zero-order valence-corrected chi connectivity index (χ0v) is 11.2. The van der Waals surface area contributed by atoms with Crippen molar-refractivity contribution in [1.29, 1.82) is 0 Å². The lowest BCUT2D eigenvalue weighted by atomic mass is 10.0. The average molecular weight is 280 g/mol. The number of hydrogen-bond acceptors (Lipinski definition) is 3. The maximum Gasteiger partial charge on any atom is 0.251 e. The van der Waals surface area contributed by atoms with Crippen LogP contribution >= 0.6 is 11.6 Å². The molecule has 0 aromatic heterocycles. The van der Waals surface area contributed by atoms with Crippen molar-refractivity contribution in [3.63, 3.8) is 0 Å². The van der Waals surface area contributed by atoms with E-state index in [9.17, 15) is 9.59 Å². The van der Waals surface area contributed by atoms with Crippen LogP contribution in [0.4, 0.5) is 5.69 Å². The fourth-order valence-corrected chi connectivity index (χ4v) is 1.97. The maximum atomic E-state index is 11.9. The van der Waals surface area contributed by atoms with Crippen LogP contribution in [0.3, 0.4) is 0 Å². The number of carbonyl (C=O) groups excluding carboxylic acids is 2. The number of benzene rings is 1. The van der Waals surface area contributed by atoms with E-state index in [4.69, 9.17) is 17.3 Å². The van der Waals surface area contributed by atoms with E-state index in [2.05, 4.69) is 10.6 Å². The topological polar surface area (TPSA) is 84.2 Å². The number of rotatable bonds is 3. The van der Waals surface area contributed by atoms with Crippen molar-refractivity contribution >= 4 is 29.1 Å². The van der Waals surface area contributed by atoms with Crippen molar-refractivity contribution in [2.45, 2.75) is 6.92 Å². The van der Waals surface area contributed by atoms with Crippen molar-refractivity contribution in [3.05, 3.63) is 39.9 Å². The highest BCUT2D eigenvalue weighted by Gasteiger charge is 2.16. The lowest BCUT2D eigenvalue weighted by Gasteiger charge is -2.21. The molecule has 0 saturated carbocycles. The van der Waals surface area contributed by atoms with Gasteiger partial charge in [-0.05, 0) is 30.7 Å². The van der Waals surface area contributed by atoms with Crippen LogP contribution in [-0.2, 0) is 4.79 Å². The summed E-state index contributed by atoms with van der Waals surface area (Å²) < 4.78 is 0. The van der Waals surface area contributed by atoms with Gasteiger partial charge in [0.15, 0.2) is 0 Å². The number of nitrogens with two attached hydrogens (primary N) is 1. The summed E-state index contributed by atoms with van der Waals surface area (Å²) in [6, 6.07) is 4.60. The molecule has 1 fully saturated rings. The largest absolute Gasteiger partial charge is 0.366 e. The van der Waals surface area contributed by atoms with Gasteiger partial charge in [0.1, 0.15) is 0 Å². The summed E-state index contributed by atoms with van der Waals surface area (Å²) in [5.41, 5.74) is 7.72. The fraction of sp³-hybridized carbons (Fsp3) is 0.231. The van der Waals surface area contributed by atoms with Gasteiger partial charge in [0.05, 0.1) is 10.6 Å². The van der Waals surface area contributed by atoms with E-state index in [0.717, 1.165) is 18.7 Å². The van der Waals surface area contributed by atoms with Gasteiger partial charge in [0, 0.05) is 24.4 Å². The second-order valence-corrected chi connectivity index (χ2v) is 4.75. The first-order valence-corrected chi connectivity index (χ1v) is 6.17. The van der Waals surface area contributed by atoms with E-state index in [-0.39, 0.29) is 16.5 Å². The van der Waals surface area contributed by atoms with Crippen LogP contribution in [0.2, 0.25) is 5.02 Å². The summed E-state index contributed by atoms with van der Waals surface area (Å²) in [6.45, 7) is 3.28. The average Bonchev–Trinajstić information content (AvgIpc) is 2.25. The number of primary amides is 1. The molecule has 1 aromatic rings. The second kappa shape index (κ2) is 5.42. The van der Waals surface area contributed by atoms with Gasteiger partial charge in [0.2, 0.25) is 5.91 Å². The van der Waals surface area contributed by atoms with Crippen LogP contribution < -0.4 is 16.4 Å². The highest BCUT2D eigenvalue weighted by Crippen LogP contribution is 2.21. The molecule has 1 aliphatic rings. The minimum Gasteiger partial charge on any atom is -0.366 e. The van der Waals surface area contributed by atoms with Crippen molar-refractivity contribution in [1.82, 2.24) is 5.32 Å². The van der Waals surface area contributed by atoms with Crippen LogP contribution in [0.25, 0.3) is 0 Å². The zero-order chi connectivity index (χ0) is 14.0. The number of halogens is 1. The van der Waals surface area contributed by atoms with Gasteiger partial charge in [-0.15, -0.1) is 0 Å². The number of amides is 2. The van der Waals surface area contributed by atoms with Gasteiger partial charge in [0.25, 0.3) is 5.91 Å². The molecule has 0 radical (unpaired) electrons. The Bertz CT molecular complexity index is 575. The minimum atomic E-state index is -0.596. The molecule has 6 heteroatoms. The smallest absolute Gasteiger partial charge is 0.251 e. The molecule has 0 bridgehead atoms. The third kappa shape index (κ3) is 2.94. The SMILES string of the molecule is CC(C(=O)Nc1ccc(C(N)=O)c(Cl)c1)=C1CNC1. The number of nitrogens with one attached hydrogen (secondary N) is 2. The van der Waals surface area contributed by atoms with E-state index in [1.165, 1.54) is 12.1 Å². The summed E-state index contributed by atoms with van der Waals surface area (Å²) in [4.78, 5) is 23.0. The van der Waals surface area contributed by atoms with Gasteiger partial charge in [-0.1, -0.05) is 11.6 Å². The molecule has 1 aromatic carbocycles. The van der Waals surface area contributed by atoms with E-state index in [1.54, 1.807) is 13.0 Å². The third-order valence-corrected chi connectivity index (χ3v) is 3.35. The summed E-state index contributed by atoms with van der Waals surface area (Å²) in [6.07, 6.45) is 0. The number of anilines is 1. The molecule has 0 aliphatic carbocycles. The highest BCUT2D eigenvalue weighted by atomic mass is 35.5. The molecule has 1 aliphatic heterocycles. The maximum absolute atomic E-state index is 11.9. The van der Waals surface area contributed by atoms with Crippen LogP contribution in [0.1, 0.15) is 17.3 Å². The Kier molecular flexibility index (Phi) is 3.87. The summed E-state index contributed by atoms with van der Waals surface area (Å²) >= 11 is 5.91. The third-order valence-electron chi connectivity index (χ3n) is 3.04. The summed E-state index contributed by atoms with van der Waals surface area (Å²) in [5, 5.41) is 6.04. The molecule has 0 spiro atoms. The molecule has 19 heavy (non-hydrogen) atoms. The summed E-state index contributed by atoms with van der Waals surface area (Å²) in [5.74, 6) is -0.763. The quantitative estimate of drug-likeness (QED) is 0.729. The summed E-state index contributed by atoms with van der Waals surface area (Å²) in [7, 11) is 0. The van der Waals surface area contributed by atoms with Crippen molar-refractivity contribution in [2.75, 3.05) is 18.4 Å². The van der Waals surface area contributed by atoms with Crippen LogP contribution in [-0.4, -0.2) is 24.9 Å². The molecule has 4 N–H and O–H groups in total. The van der Waals surface area contributed by atoms with Crippen LogP contribution in [0, 0.1) is 0 Å². The van der Waals surface area contributed by atoms with Gasteiger partial charge in [-0.2, -0.15) is 0 Å². The first-order valence-electron chi connectivity index (χ1n) is 5.79. The monoisotopic (exact) mass is 279 g/mol. The zero-order valence-electron chi connectivity index (χ0n) is 10.4. The molecule has 2 amide bonds. The lowest BCUT2D eigenvalue weighted by Crippen LogP contribution is -2.36. The Morgan fingerprint density at radius 1 is 1.37 bits per heavy atom. The molecule has 100 valence electrons. The Hall–Kier alpha value is -1.85. The first-order chi connectivity index (χ1) is 8.99. The van der Waals surface area contributed by atoms with Gasteiger partial charge >= 0.3 is 0 Å². The van der Waals surface area contributed by atoms with Crippen LogP contribution in [0.15, 0.2) is 29.3 Å². The Balaban J connectivity index is 2.13. The van der Waals surface area contributed by atoms with Gasteiger partial charge in [-0.25, -0.2) is 0 Å². The van der Waals surface area contributed by atoms with Crippen molar-refractivity contribution in [2.24, 2.45) is 5.73 Å². The molecule has 1 saturated heterocycles. The van der Waals surface area contributed by atoms with Crippen LogP contribution in [0.5, 0.6) is 0 Å². The first kappa shape index (κ1) is 13.6. The fourth-order valence-electron chi connectivity index (χ4n) is 1.69. The molecule has 5 nitrogen and oxygen atoms in total. The van der Waals surface area contributed by atoms with Crippen molar-refractivity contribution < 1.29 is 9.59 Å².